The van der Waals surface area contributed by atoms with Gasteiger partial charge in [-0.25, -0.2) is 0 Å². The molecular weight excluding hydrogens is 254 g/mol. The minimum atomic E-state index is 0.166. The number of carbonyl (C=O) groups excluding carboxylic acids is 1. The van der Waals surface area contributed by atoms with Gasteiger partial charge in [0.15, 0.2) is 0 Å². The van der Waals surface area contributed by atoms with Gasteiger partial charge in [0.05, 0.1) is 0 Å². The normalized spacial score (nSPS) is 20.6. The molecule has 1 aliphatic heterocycles. The lowest BCUT2D eigenvalue weighted by atomic mass is 10.2. The number of hydrogen-bond donors (Lipinski definition) is 0. The van der Waals surface area contributed by atoms with Gasteiger partial charge in [0.2, 0.25) is 0 Å². The van der Waals surface area contributed by atoms with E-state index in [1.165, 1.54) is 0 Å². The Balaban J connectivity index is 2.04. The van der Waals surface area contributed by atoms with Gasteiger partial charge in [0, 0.05) is 24.0 Å². The van der Waals surface area contributed by atoms with Crippen LogP contribution in [-0.4, -0.2) is 29.2 Å². The predicted molar refractivity (Wildman–Crippen MR) is 64.2 cm³/mol. The van der Waals surface area contributed by atoms with Crippen molar-refractivity contribution in [2.24, 2.45) is 5.92 Å². The van der Waals surface area contributed by atoms with Crippen LogP contribution in [-0.2, 0) is 0 Å². The monoisotopic (exact) mass is 267 g/mol. The van der Waals surface area contributed by atoms with Gasteiger partial charge >= 0.3 is 0 Å². The summed E-state index contributed by atoms with van der Waals surface area (Å²) in [5, 5.41) is 0.992. The number of amides is 1. The summed E-state index contributed by atoms with van der Waals surface area (Å²) in [5.74, 6) is 0.789. The molecule has 1 saturated heterocycles. The Hall–Kier alpha value is -0.830. The van der Waals surface area contributed by atoms with Gasteiger partial charge < -0.3 is 4.90 Å². The molecule has 0 unspecified atom stereocenters. The molecule has 3 heteroatoms. The van der Waals surface area contributed by atoms with Crippen molar-refractivity contribution in [3.05, 3.63) is 35.9 Å². The molecule has 1 atom stereocenters. The van der Waals surface area contributed by atoms with Gasteiger partial charge in [-0.05, 0) is 24.5 Å². The van der Waals surface area contributed by atoms with Crippen molar-refractivity contribution >= 4 is 21.8 Å². The highest BCUT2D eigenvalue weighted by Gasteiger charge is 2.25. The number of likely N-dealkylation sites (tertiary alicyclic amines) is 1. The molecule has 0 saturated carbocycles. The van der Waals surface area contributed by atoms with Crippen LogP contribution >= 0.6 is 15.9 Å². The Bertz CT molecular complexity index is 339. The molecule has 1 aromatic carbocycles. The molecule has 2 rings (SSSR count). The first-order chi connectivity index (χ1) is 7.31. The molecule has 1 aromatic rings. The summed E-state index contributed by atoms with van der Waals surface area (Å²) in [6, 6.07) is 9.51. The van der Waals surface area contributed by atoms with E-state index in [9.17, 15) is 4.79 Å². The predicted octanol–water partition coefficient (Wildman–Crippen LogP) is 2.54. The molecular formula is C12H14BrNO. The van der Waals surface area contributed by atoms with Gasteiger partial charge in [-0.2, -0.15) is 0 Å². The summed E-state index contributed by atoms with van der Waals surface area (Å²) >= 11 is 3.47. The lowest BCUT2D eigenvalue weighted by Gasteiger charge is -2.15. The molecule has 2 nitrogen and oxygen atoms in total. The number of alkyl halides is 1. The largest absolute Gasteiger partial charge is 0.338 e. The van der Waals surface area contributed by atoms with Gasteiger partial charge in [0.1, 0.15) is 0 Å². The number of nitrogens with zero attached hydrogens (tertiary/aromatic N) is 1. The molecule has 0 N–H and O–H groups in total. The average molecular weight is 268 g/mol. The van der Waals surface area contributed by atoms with Crippen LogP contribution < -0.4 is 0 Å². The minimum absolute atomic E-state index is 0.166. The van der Waals surface area contributed by atoms with Crippen molar-refractivity contribution in [1.29, 1.82) is 0 Å². The summed E-state index contributed by atoms with van der Waals surface area (Å²) in [5.41, 5.74) is 0.799. The molecule has 0 radical (unpaired) electrons. The first-order valence-electron chi connectivity index (χ1n) is 5.21. The highest BCUT2D eigenvalue weighted by Crippen LogP contribution is 2.20. The molecule has 0 aromatic heterocycles. The third kappa shape index (κ3) is 2.40. The van der Waals surface area contributed by atoms with Gasteiger partial charge in [-0.1, -0.05) is 34.1 Å². The van der Waals surface area contributed by atoms with Crippen LogP contribution in [0.2, 0.25) is 0 Å². The Kier molecular flexibility index (Phi) is 3.41. The second-order valence-electron chi connectivity index (χ2n) is 3.93. The number of halogens is 1. The van der Waals surface area contributed by atoms with E-state index in [0.717, 1.165) is 30.4 Å². The number of hydrogen-bond acceptors (Lipinski definition) is 1. The number of rotatable bonds is 2. The lowest BCUT2D eigenvalue weighted by molar-refractivity contribution is 0.0788. The maximum atomic E-state index is 12.0. The Labute approximate surface area is 98.4 Å². The van der Waals surface area contributed by atoms with E-state index < -0.39 is 0 Å². The van der Waals surface area contributed by atoms with Crippen LogP contribution in [0.5, 0.6) is 0 Å². The van der Waals surface area contributed by atoms with E-state index in [0.29, 0.717) is 5.92 Å². The van der Waals surface area contributed by atoms with Crippen LogP contribution in [0.25, 0.3) is 0 Å². The Morgan fingerprint density at radius 1 is 1.40 bits per heavy atom. The van der Waals surface area contributed by atoms with Gasteiger partial charge in [-0.3, -0.25) is 4.79 Å². The molecule has 80 valence electrons. The summed E-state index contributed by atoms with van der Waals surface area (Å²) < 4.78 is 0. The molecule has 0 spiro atoms. The van der Waals surface area contributed by atoms with Gasteiger partial charge in [0.25, 0.3) is 5.91 Å². The van der Waals surface area contributed by atoms with Gasteiger partial charge in [-0.15, -0.1) is 0 Å². The molecule has 1 amide bonds. The summed E-state index contributed by atoms with van der Waals surface area (Å²) in [6.45, 7) is 1.78. The fraction of sp³-hybridized carbons (Fsp3) is 0.417. The van der Waals surface area contributed by atoms with Crippen LogP contribution in [0, 0.1) is 5.92 Å². The fourth-order valence-corrected chi connectivity index (χ4v) is 2.43. The van der Waals surface area contributed by atoms with Crippen LogP contribution in [0.1, 0.15) is 16.8 Å². The summed E-state index contributed by atoms with van der Waals surface area (Å²) in [4.78, 5) is 14.0. The smallest absolute Gasteiger partial charge is 0.253 e. The van der Waals surface area contributed by atoms with E-state index in [1.807, 2.05) is 35.2 Å². The maximum Gasteiger partial charge on any atom is 0.253 e. The van der Waals surface area contributed by atoms with E-state index in [-0.39, 0.29) is 5.91 Å². The maximum absolute atomic E-state index is 12.0. The first-order valence-corrected chi connectivity index (χ1v) is 6.33. The lowest BCUT2D eigenvalue weighted by Crippen LogP contribution is -2.28. The molecule has 0 bridgehead atoms. The van der Waals surface area contributed by atoms with Crippen LogP contribution in [0.15, 0.2) is 30.3 Å². The minimum Gasteiger partial charge on any atom is -0.338 e. The topological polar surface area (TPSA) is 20.3 Å². The van der Waals surface area contributed by atoms with Crippen molar-refractivity contribution in [2.45, 2.75) is 6.42 Å². The van der Waals surface area contributed by atoms with E-state index in [4.69, 9.17) is 0 Å². The van der Waals surface area contributed by atoms with Crippen LogP contribution in [0.4, 0.5) is 0 Å². The molecule has 0 aliphatic carbocycles. The van der Waals surface area contributed by atoms with Crippen molar-refractivity contribution in [3.8, 4) is 0 Å². The second kappa shape index (κ2) is 4.79. The highest BCUT2D eigenvalue weighted by molar-refractivity contribution is 9.09. The standard InChI is InChI=1S/C12H14BrNO/c13-8-10-6-7-14(9-10)12(15)11-4-2-1-3-5-11/h1-5,10H,6-9H2/t10-/m1/s1. The summed E-state index contributed by atoms with van der Waals surface area (Å²) in [6.07, 6.45) is 1.11. The second-order valence-corrected chi connectivity index (χ2v) is 4.57. The summed E-state index contributed by atoms with van der Waals surface area (Å²) in [7, 11) is 0. The molecule has 1 aliphatic rings. The van der Waals surface area contributed by atoms with E-state index >= 15 is 0 Å². The Morgan fingerprint density at radius 2 is 2.13 bits per heavy atom. The quantitative estimate of drug-likeness (QED) is 0.755. The van der Waals surface area contributed by atoms with E-state index in [1.54, 1.807) is 0 Å². The van der Waals surface area contributed by atoms with Crippen molar-refractivity contribution in [3.63, 3.8) is 0 Å². The third-order valence-electron chi connectivity index (χ3n) is 2.81. The SMILES string of the molecule is O=C(c1ccccc1)N1CC[C@H](CBr)C1. The fourth-order valence-electron chi connectivity index (χ4n) is 1.91. The van der Waals surface area contributed by atoms with Crippen molar-refractivity contribution < 1.29 is 4.79 Å². The Morgan fingerprint density at radius 3 is 2.73 bits per heavy atom. The molecule has 1 fully saturated rings. The average Bonchev–Trinajstić information content (AvgIpc) is 2.78. The van der Waals surface area contributed by atoms with E-state index in [2.05, 4.69) is 15.9 Å². The molecule has 1 heterocycles. The van der Waals surface area contributed by atoms with Crippen molar-refractivity contribution in [2.75, 3.05) is 18.4 Å². The number of carbonyl (C=O) groups is 1. The zero-order chi connectivity index (χ0) is 10.7. The zero-order valence-corrected chi connectivity index (χ0v) is 10.1. The first kappa shape index (κ1) is 10.7. The zero-order valence-electron chi connectivity index (χ0n) is 8.53. The number of benzene rings is 1. The van der Waals surface area contributed by atoms with Crippen molar-refractivity contribution in [1.82, 2.24) is 4.90 Å². The third-order valence-corrected chi connectivity index (χ3v) is 3.73. The molecule has 15 heavy (non-hydrogen) atoms. The highest BCUT2D eigenvalue weighted by atomic mass is 79.9. The van der Waals surface area contributed by atoms with Crippen LogP contribution in [0.3, 0.4) is 0 Å².